The minimum absolute atomic E-state index is 0.953. The van der Waals surface area contributed by atoms with Gasteiger partial charge in [0, 0.05) is 6.54 Å². The van der Waals surface area contributed by atoms with Gasteiger partial charge in [-0.3, -0.25) is 0 Å². The maximum atomic E-state index is 3.73. The van der Waals surface area contributed by atoms with E-state index in [1.54, 1.807) is 0 Å². The van der Waals surface area contributed by atoms with E-state index in [1.165, 1.54) is 10.8 Å². The lowest BCUT2D eigenvalue weighted by Crippen LogP contribution is -2.54. The minimum Gasteiger partial charge on any atom is -0.330 e. The quantitative estimate of drug-likeness (QED) is 0.812. The molecule has 0 atom stereocenters. The summed E-state index contributed by atoms with van der Waals surface area (Å²) in [6, 6.07) is 21.3. The molecule has 0 heterocycles. The first-order chi connectivity index (χ1) is 8.18. The van der Waals surface area contributed by atoms with Crippen molar-refractivity contribution < 1.29 is 0 Å². The molecule has 0 spiro atoms. The molecule has 1 nitrogen and oxygen atoms in total. The summed E-state index contributed by atoms with van der Waals surface area (Å²) in [4.78, 5) is 3.73. The van der Waals surface area contributed by atoms with Crippen LogP contribution in [0.15, 0.2) is 60.7 Å². The molecule has 0 aromatic heterocycles. The minimum atomic E-state index is -1.51. The van der Waals surface area contributed by atoms with E-state index in [4.69, 9.17) is 0 Å². The van der Waals surface area contributed by atoms with Crippen LogP contribution in [0.3, 0.4) is 0 Å². The van der Waals surface area contributed by atoms with Crippen molar-refractivity contribution >= 4 is 13.4 Å². The van der Waals surface area contributed by atoms with Crippen molar-refractivity contribution in [2.45, 2.75) is 19.6 Å². The molecule has 17 heavy (non-hydrogen) atoms. The first-order valence-electron chi connectivity index (χ1n) is 6.03. The first-order valence-corrected chi connectivity index (χ1v) is 9.03. The Labute approximate surface area is 105 Å². The molecule has 2 aromatic rings. The Bertz CT molecular complexity index is 451. The van der Waals surface area contributed by atoms with Gasteiger partial charge in [-0.2, -0.15) is 0 Å². The molecule has 0 radical (unpaired) electrons. The topological polar surface area (TPSA) is 12.0 Å². The van der Waals surface area contributed by atoms with Crippen LogP contribution in [0, 0.1) is 0 Å². The molecule has 0 aliphatic heterocycles. The monoisotopic (exact) mass is 241 g/mol. The van der Waals surface area contributed by atoms with Gasteiger partial charge in [-0.05, 0) is 10.8 Å². The van der Waals surface area contributed by atoms with E-state index in [2.05, 4.69) is 78.7 Å². The largest absolute Gasteiger partial charge is 0.330 e. The molecule has 2 heteroatoms. The van der Waals surface area contributed by atoms with Gasteiger partial charge in [0.2, 0.25) is 0 Å². The van der Waals surface area contributed by atoms with Crippen LogP contribution < -0.4 is 10.2 Å². The lowest BCUT2D eigenvalue weighted by Gasteiger charge is -2.24. The third-order valence-corrected chi connectivity index (χ3v) is 5.91. The second-order valence-electron chi connectivity index (χ2n) is 4.83. The van der Waals surface area contributed by atoms with Gasteiger partial charge >= 0.3 is 0 Å². The zero-order valence-electron chi connectivity index (χ0n) is 10.5. The SMILES string of the molecule is C[Si](C)(NCc1ccccc1)c1ccccc1. The number of hydrogen-bond donors (Lipinski definition) is 1. The average molecular weight is 241 g/mol. The van der Waals surface area contributed by atoms with Gasteiger partial charge in [0.05, 0.1) is 0 Å². The zero-order chi connectivity index (χ0) is 12.1. The van der Waals surface area contributed by atoms with E-state index in [0.717, 1.165) is 6.54 Å². The van der Waals surface area contributed by atoms with Crippen molar-refractivity contribution in [1.82, 2.24) is 4.98 Å². The van der Waals surface area contributed by atoms with Gasteiger partial charge in [0.1, 0.15) is 0 Å². The van der Waals surface area contributed by atoms with Crippen molar-refractivity contribution in [1.29, 1.82) is 0 Å². The Morgan fingerprint density at radius 1 is 0.824 bits per heavy atom. The third-order valence-electron chi connectivity index (χ3n) is 3.07. The summed E-state index contributed by atoms with van der Waals surface area (Å²) in [6.45, 7) is 5.66. The van der Waals surface area contributed by atoms with E-state index in [1.807, 2.05) is 0 Å². The summed E-state index contributed by atoms with van der Waals surface area (Å²) >= 11 is 0. The molecule has 0 bridgehead atoms. The second-order valence-corrected chi connectivity index (χ2v) is 9.01. The normalized spacial score (nSPS) is 11.4. The van der Waals surface area contributed by atoms with Crippen LogP contribution in [-0.4, -0.2) is 8.24 Å². The zero-order valence-corrected chi connectivity index (χ0v) is 11.5. The molecule has 0 unspecified atom stereocenters. The van der Waals surface area contributed by atoms with Crippen molar-refractivity contribution in [2.75, 3.05) is 0 Å². The molecule has 2 aromatic carbocycles. The molecule has 0 saturated heterocycles. The molecular weight excluding hydrogens is 222 g/mol. The third kappa shape index (κ3) is 3.28. The highest BCUT2D eigenvalue weighted by molar-refractivity contribution is 6.87. The van der Waals surface area contributed by atoms with E-state index in [-0.39, 0.29) is 0 Å². The van der Waals surface area contributed by atoms with E-state index < -0.39 is 8.24 Å². The Morgan fingerprint density at radius 3 is 1.94 bits per heavy atom. The summed E-state index contributed by atoms with van der Waals surface area (Å²) in [6.07, 6.45) is 0. The summed E-state index contributed by atoms with van der Waals surface area (Å²) in [7, 11) is -1.51. The Hall–Kier alpha value is -1.38. The van der Waals surface area contributed by atoms with Gasteiger partial charge in [0.25, 0.3) is 0 Å². The lowest BCUT2D eigenvalue weighted by molar-refractivity contribution is 0.922. The van der Waals surface area contributed by atoms with Crippen LogP contribution in [0.5, 0.6) is 0 Å². The highest BCUT2D eigenvalue weighted by atomic mass is 28.3. The molecule has 0 saturated carbocycles. The fraction of sp³-hybridized carbons (Fsp3) is 0.200. The van der Waals surface area contributed by atoms with Crippen LogP contribution in [0.2, 0.25) is 13.1 Å². The maximum absolute atomic E-state index is 3.73. The fourth-order valence-electron chi connectivity index (χ4n) is 1.88. The summed E-state index contributed by atoms with van der Waals surface area (Å²) in [5.41, 5.74) is 1.35. The summed E-state index contributed by atoms with van der Waals surface area (Å²) in [5.74, 6) is 0. The van der Waals surface area contributed by atoms with Crippen LogP contribution in [0.1, 0.15) is 5.56 Å². The number of nitrogens with one attached hydrogen (secondary N) is 1. The molecule has 0 fully saturated rings. The van der Waals surface area contributed by atoms with Crippen LogP contribution >= 0.6 is 0 Å². The van der Waals surface area contributed by atoms with E-state index >= 15 is 0 Å². The Kier molecular flexibility index (Phi) is 3.77. The fourth-order valence-corrected chi connectivity index (χ4v) is 3.75. The van der Waals surface area contributed by atoms with Crippen molar-refractivity contribution in [3.63, 3.8) is 0 Å². The number of rotatable bonds is 4. The molecule has 0 aliphatic rings. The summed E-state index contributed by atoms with van der Waals surface area (Å²) < 4.78 is 0. The second kappa shape index (κ2) is 5.30. The van der Waals surface area contributed by atoms with E-state index in [0.29, 0.717) is 0 Å². The molecule has 2 rings (SSSR count). The lowest BCUT2D eigenvalue weighted by atomic mass is 10.2. The molecule has 0 amide bonds. The Balaban J connectivity index is 2.03. The van der Waals surface area contributed by atoms with Gasteiger partial charge < -0.3 is 4.98 Å². The predicted molar refractivity (Wildman–Crippen MR) is 76.8 cm³/mol. The number of hydrogen-bond acceptors (Lipinski definition) is 1. The summed E-state index contributed by atoms with van der Waals surface area (Å²) in [5, 5.41) is 1.45. The first kappa shape index (κ1) is 12.1. The average Bonchev–Trinajstić information content (AvgIpc) is 2.39. The molecule has 88 valence electrons. The smallest absolute Gasteiger partial charge is 0.151 e. The van der Waals surface area contributed by atoms with Crippen LogP contribution in [0.25, 0.3) is 0 Å². The Morgan fingerprint density at radius 2 is 1.35 bits per heavy atom. The van der Waals surface area contributed by atoms with Crippen LogP contribution in [0.4, 0.5) is 0 Å². The van der Waals surface area contributed by atoms with Crippen molar-refractivity contribution in [3.05, 3.63) is 66.2 Å². The van der Waals surface area contributed by atoms with E-state index in [9.17, 15) is 0 Å². The highest BCUT2D eigenvalue weighted by Gasteiger charge is 2.22. The molecule has 0 aliphatic carbocycles. The molecule has 1 N–H and O–H groups in total. The van der Waals surface area contributed by atoms with Gasteiger partial charge in [-0.15, -0.1) is 0 Å². The highest BCUT2D eigenvalue weighted by Crippen LogP contribution is 2.03. The molecular formula is C15H19NSi. The maximum Gasteiger partial charge on any atom is 0.151 e. The van der Waals surface area contributed by atoms with Crippen molar-refractivity contribution in [3.8, 4) is 0 Å². The predicted octanol–water partition coefficient (Wildman–Crippen LogP) is 2.89. The van der Waals surface area contributed by atoms with Crippen LogP contribution in [-0.2, 0) is 6.54 Å². The standard InChI is InChI=1S/C15H19NSi/c1-17(2,15-11-7-4-8-12-15)16-13-14-9-5-3-6-10-14/h3-12,16H,13H2,1-2H3. The number of benzene rings is 2. The van der Waals surface area contributed by atoms with Gasteiger partial charge in [0.15, 0.2) is 8.24 Å². The van der Waals surface area contributed by atoms with Gasteiger partial charge in [-0.1, -0.05) is 73.8 Å². The van der Waals surface area contributed by atoms with Gasteiger partial charge in [-0.25, -0.2) is 0 Å². The van der Waals surface area contributed by atoms with Crippen molar-refractivity contribution in [2.24, 2.45) is 0 Å².